The first kappa shape index (κ1) is 20.8. The number of amides is 2. The van der Waals surface area contributed by atoms with Crippen molar-refractivity contribution in [2.75, 3.05) is 20.6 Å². The summed E-state index contributed by atoms with van der Waals surface area (Å²) in [6, 6.07) is 11.7. The molecule has 1 aromatic carbocycles. The zero-order valence-electron chi connectivity index (χ0n) is 16.5. The molecule has 152 valence electrons. The van der Waals surface area contributed by atoms with Gasteiger partial charge in [-0.05, 0) is 42.5 Å². The molecular weight excluding hydrogens is 394 g/mol. The van der Waals surface area contributed by atoms with Gasteiger partial charge in [-0.3, -0.25) is 0 Å². The molecule has 0 aliphatic heterocycles. The summed E-state index contributed by atoms with van der Waals surface area (Å²) < 4.78 is 25.9. The summed E-state index contributed by atoms with van der Waals surface area (Å²) in [7, 11) is -0.412. The SMILES string of the molecule is CCCN(C(=O)NCc1ccc(S(=O)(=O)N(C)C)s1)C1CCc2ccccc21. The Morgan fingerprint density at radius 3 is 2.68 bits per heavy atom. The Balaban J connectivity index is 1.69. The minimum Gasteiger partial charge on any atom is -0.333 e. The van der Waals surface area contributed by atoms with Gasteiger partial charge in [-0.1, -0.05) is 31.2 Å². The van der Waals surface area contributed by atoms with E-state index in [-0.39, 0.29) is 16.3 Å². The Labute approximate surface area is 171 Å². The molecular formula is C20H27N3O3S2. The van der Waals surface area contributed by atoms with E-state index in [0.29, 0.717) is 13.1 Å². The quantitative estimate of drug-likeness (QED) is 0.742. The van der Waals surface area contributed by atoms with Crippen molar-refractivity contribution in [2.45, 2.75) is 43.0 Å². The van der Waals surface area contributed by atoms with E-state index in [0.717, 1.165) is 24.1 Å². The molecule has 3 rings (SSSR count). The highest BCUT2D eigenvalue weighted by Crippen LogP contribution is 2.35. The summed E-state index contributed by atoms with van der Waals surface area (Å²) in [4.78, 5) is 15.6. The van der Waals surface area contributed by atoms with E-state index in [1.54, 1.807) is 12.1 Å². The second-order valence-corrected chi connectivity index (χ2v) is 10.7. The average molecular weight is 422 g/mol. The Kier molecular flexibility index (Phi) is 6.42. The third kappa shape index (κ3) is 4.24. The monoisotopic (exact) mass is 421 g/mol. The number of carbonyl (C=O) groups excluding carboxylic acids is 1. The molecule has 0 fully saturated rings. The van der Waals surface area contributed by atoms with Gasteiger partial charge in [0.1, 0.15) is 4.21 Å². The van der Waals surface area contributed by atoms with Crippen LogP contribution in [0.3, 0.4) is 0 Å². The van der Waals surface area contributed by atoms with Crippen molar-refractivity contribution >= 4 is 27.4 Å². The van der Waals surface area contributed by atoms with Gasteiger partial charge in [0.15, 0.2) is 0 Å². The van der Waals surface area contributed by atoms with Gasteiger partial charge in [-0.15, -0.1) is 11.3 Å². The van der Waals surface area contributed by atoms with Crippen molar-refractivity contribution in [2.24, 2.45) is 0 Å². The van der Waals surface area contributed by atoms with E-state index < -0.39 is 10.0 Å². The standard InChI is InChI=1S/C20H27N3O3S2/c1-4-13-23(18-11-9-15-7-5-6-8-17(15)18)20(24)21-14-16-10-12-19(27-16)28(25,26)22(2)3/h5-8,10,12,18H,4,9,11,13-14H2,1-3H3,(H,21,24). The highest BCUT2D eigenvalue weighted by atomic mass is 32.2. The number of aryl methyl sites for hydroxylation is 1. The Bertz CT molecular complexity index is 938. The lowest BCUT2D eigenvalue weighted by Gasteiger charge is -2.29. The van der Waals surface area contributed by atoms with Crippen LogP contribution in [-0.4, -0.2) is 44.3 Å². The summed E-state index contributed by atoms with van der Waals surface area (Å²) >= 11 is 1.19. The number of carbonyl (C=O) groups is 1. The van der Waals surface area contributed by atoms with Crippen molar-refractivity contribution in [3.8, 4) is 0 Å². The van der Waals surface area contributed by atoms with Crippen LogP contribution in [0, 0.1) is 0 Å². The van der Waals surface area contributed by atoms with Crippen molar-refractivity contribution in [3.05, 3.63) is 52.4 Å². The average Bonchev–Trinajstić information content (AvgIpc) is 3.31. The summed E-state index contributed by atoms with van der Waals surface area (Å²) in [6.45, 7) is 3.08. The normalized spacial score (nSPS) is 16.2. The molecule has 1 atom stereocenters. The maximum absolute atomic E-state index is 12.9. The summed E-state index contributed by atoms with van der Waals surface area (Å²) in [5, 5.41) is 2.97. The van der Waals surface area contributed by atoms with Crippen LogP contribution in [-0.2, 0) is 23.0 Å². The first-order chi connectivity index (χ1) is 13.3. The van der Waals surface area contributed by atoms with Gasteiger partial charge in [0, 0.05) is 25.5 Å². The van der Waals surface area contributed by atoms with E-state index in [1.165, 1.54) is 40.9 Å². The third-order valence-corrected chi connectivity index (χ3v) is 8.36. The van der Waals surface area contributed by atoms with E-state index in [1.807, 2.05) is 17.0 Å². The molecule has 1 unspecified atom stereocenters. The first-order valence-corrected chi connectivity index (χ1v) is 11.7. The summed E-state index contributed by atoms with van der Waals surface area (Å²) in [5.74, 6) is 0. The fourth-order valence-corrected chi connectivity index (χ4v) is 6.00. The zero-order chi connectivity index (χ0) is 20.3. The molecule has 0 saturated carbocycles. The van der Waals surface area contributed by atoms with Gasteiger partial charge < -0.3 is 10.2 Å². The minimum atomic E-state index is -3.44. The molecule has 1 aliphatic rings. The molecule has 1 aliphatic carbocycles. The largest absolute Gasteiger partial charge is 0.333 e. The number of benzene rings is 1. The summed E-state index contributed by atoms with van der Waals surface area (Å²) in [5.41, 5.74) is 2.56. The maximum Gasteiger partial charge on any atom is 0.318 e. The fraction of sp³-hybridized carbons (Fsp3) is 0.450. The van der Waals surface area contributed by atoms with Crippen molar-refractivity contribution in [3.63, 3.8) is 0 Å². The second-order valence-electron chi connectivity index (χ2n) is 7.11. The predicted molar refractivity (Wildman–Crippen MR) is 112 cm³/mol. The minimum absolute atomic E-state index is 0.101. The molecule has 28 heavy (non-hydrogen) atoms. The number of rotatable bonds is 7. The lowest BCUT2D eigenvalue weighted by molar-refractivity contribution is 0.173. The summed E-state index contributed by atoms with van der Waals surface area (Å²) in [6.07, 6.45) is 2.82. The number of urea groups is 1. The van der Waals surface area contributed by atoms with Crippen LogP contribution in [0.1, 0.15) is 41.8 Å². The van der Waals surface area contributed by atoms with Gasteiger partial charge in [0.25, 0.3) is 10.0 Å². The van der Waals surface area contributed by atoms with Crippen LogP contribution in [0.15, 0.2) is 40.6 Å². The molecule has 6 nitrogen and oxygen atoms in total. The van der Waals surface area contributed by atoms with Crippen LogP contribution in [0.4, 0.5) is 4.79 Å². The van der Waals surface area contributed by atoms with Gasteiger partial charge in [0.05, 0.1) is 12.6 Å². The maximum atomic E-state index is 12.9. The molecule has 0 spiro atoms. The number of hydrogen-bond acceptors (Lipinski definition) is 4. The highest BCUT2D eigenvalue weighted by molar-refractivity contribution is 7.91. The van der Waals surface area contributed by atoms with Gasteiger partial charge in [-0.25, -0.2) is 17.5 Å². The molecule has 8 heteroatoms. The molecule has 0 bridgehead atoms. The molecule has 0 saturated heterocycles. The number of fused-ring (bicyclic) bond motifs is 1. The third-order valence-electron chi connectivity index (χ3n) is 4.99. The number of sulfonamides is 1. The lowest BCUT2D eigenvalue weighted by Crippen LogP contribution is -2.41. The van der Waals surface area contributed by atoms with Crippen LogP contribution in [0.2, 0.25) is 0 Å². The van der Waals surface area contributed by atoms with Gasteiger partial charge in [0.2, 0.25) is 0 Å². The molecule has 1 heterocycles. The van der Waals surface area contributed by atoms with Crippen LogP contribution >= 0.6 is 11.3 Å². The van der Waals surface area contributed by atoms with Crippen molar-refractivity contribution < 1.29 is 13.2 Å². The number of nitrogens with one attached hydrogen (secondary N) is 1. The zero-order valence-corrected chi connectivity index (χ0v) is 18.1. The second kappa shape index (κ2) is 8.63. The number of thiophene rings is 1. The Morgan fingerprint density at radius 2 is 1.96 bits per heavy atom. The van der Waals surface area contributed by atoms with E-state index in [4.69, 9.17) is 0 Å². The fourth-order valence-electron chi connectivity index (χ4n) is 3.53. The molecule has 1 N–H and O–H groups in total. The first-order valence-electron chi connectivity index (χ1n) is 9.48. The number of nitrogens with zero attached hydrogens (tertiary/aromatic N) is 2. The topological polar surface area (TPSA) is 69.7 Å². The van der Waals surface area contributed by atoms with Crippen molar-refractivity contribution in [1.82, 2.24) is 14.5 Å². The van der Waals surface area contributed by atoms with Crippen LogP contribution in [0.5, 0.6) is 0 Å². The highest BCUT2D eigenvalue weighted by Gasteiger charge is 2.30. The van der Waals surface area contributed by atoms with Crippen LogP contribution in [0.25, 0.3) is 0 Å². The van der Waals surface area contributed by atoms with E-state index in [9.17, 15) is 13.2 Å². The van der Waals surface area contributed by atoms with Gasteiger partial charge in [-0.2, -0.15) is 0 Å². The van der Waals surface area contributed by atoms with E-state index in [2.05, 4.69) is 24.4 Å². The van der Waals surface area contributed by atoms with Crippen LogP contribution < -0.4 is 5.32 Å². The lowest BCUT2D eigenvalue weighted by atomic mass is 10.1. The smallest absolute Gasteiger partial charge is 0.318 e. The Morgan fingerprint density at radius 1 is 1.21 bits per heavy atom. The van der Waals surface area contributed by atoms with E-state index >= 15 is 0 Å². The number of hydrogen-bond donors (Lipinski definition) is 1. The molecule has 2 aromatic rings. The molecule has 1 aromatic heterocycles. The predicted octanol–water partition coefficient (Wildman–Crippen LogP) is 3.61. The Hall–Kier alpha value is -1.90. The van der Waals surface area contributed by atoms with Gasteiger partial charge >= 0.3 is 6.03 Å². The van der Waals surface area contributed by atoms with Crippen molar-refractivity contribution in [1.29, 1.82) is 0 Å². The molecule has 2 amide bonds. The molecule has 0 radical (unpaired) electrons.